The zero-order valence-electron chi connectivity index (χ0n) is 16.6. The highest BCUT2D eigenvalue weighted by Gasteiger charge is 2.46. The first kappa shape index (κ1) is 22.6. The maximum Gasteiger partial charge on any atom is 0.490 e. The van der Waals surface area contributed by atoms with Crippen molar-refractivity contribution in [1.29, 1.82) is 0 Å². The topological polar surface area (TPSA) is 92.5 Å². The number of carboxylic acids is 1. The fourth-order valence-corrected chi connectivity index (χ4v) is 3.94. The van der Waals surface area contributed by atoms with Crippen molar-refractivity contribution in [1.82, 2.24) is 9.80 Å². The van der Waals surface area contributed by atoms with Gasteiger partial charge in [0.1, 0.15) is 11.5 Å². The summed E-state index contributed by atoms with van der Waals surface area (Å²) >= 11 is 0. The lowest BCUT2D eigenvalue weighted by Crippen LogP contribution is -2.48. The van der Waals surface area contributed by atoms with Gasteiger partial charge in [0, 0.05) is 26.2 Å². The van der Waals surface area contributed by atoms with E-state index in [1.54, 1.807) is 0 Å². The van der Waals surface area contributed by atoms with Gasteiger partial charge in [0.2, 0.25) is 5.91 Å². The van der Waals surface area contributed by atoms with Crippen molar-refractivity contribution < 1.29 is 41.8 Å². The maximum absolute atomic E-state index is 12.8. The van der Waals surface area contributed by atoms with Crippen LogP contribution in [0.3, 0.4) is 0 Å². The van der Waals surface area contributed by atoms with Crippen molar-refractivity contribution >= 4 is 11.9 Å². The normalized spacial score (nSPS) is 26.8. The second-order valence-electron chi connectivity index (χ2n) is 7.59. The third kappa shape index (κ3) is 5.73. The monoisotopic (exact) mass is 434 g/mol. The molecule has 168 valence electrons. The van der Waals surface area contributed by atoms with Gasteiger partial charge in [-0.1, -0.05) is 0 Å². The molecule has 1 aromatic heterocycles. The van der Waals surface area contributed by atoms with Gasteiger partial charge in [-0.2, -0.15) is 13.2 Å². The Balaban J connectivity index is 0.000000318. The molecule has 3 saturated heterocycles. The molecule has 0 aromatic carbocycles. The minimum Gasteiger partial charge on any atom is -0.475 e. The third-order valence-electron chi connectivity index (χ3n) is 5.29. The molecule has 3 fully saturated rings. The number of hydrogen-bond acceptors (Lipinski definition) is 6. The number of rotatable bonds is 3. The highest BCUT2D eigenvalue weighted by Crippen LogP contribution is 2.34. The summed E-state index contributed by atoms with van der Waals surface area (Å²) < 4.78 is 48.8. The quantitative estimate of drug-likeness (QED) is 0.774. The van der Waals surface area contributed by atoms with Gasteiger partial charge in [-0.25, -0.2) is 4.79 Å². The molecule has 0 radical (unpaired) electrons. The van der Waals surface area contributed by atoms with Gasteiger partial charge in [-0.3, -0.25) is 9.69 Å². The highest BCUT2D eigenvalue weighted by molar-refractivity contribution is 5.80. The second-order valence-corrected chi connectivity index (χ2v) is 7.59. The lowest BCUT2D eigenvalue weighted by Gasteiger charge is -2.33. The number of aryl methyl sites for hydroxylation is 1. The molecule has 1 aromatic rings. The first-order chi connectivity index (χ1) is 14.1. The van der Waals surface area contributed by atoms with Crippen molar-refractivity contribution in [2.45, 2.75) is 38.3 Å². The minimum atomic E-state index is -5.08. The van der Waals surface area contributed by atoms with E-state index in [1.165, 1.54) is 0 Å². The zero-order chi connectivity index (χ0) is 21.9. The average Bonchev–Trinajstić information content (AvgIpc) is 3.23. The molecule has 0 saturated carbocycles. The van der Waals surface area contributed by atoms with Gasteiger partial charge in [0.05, 0.1) is 37.9 Å². The molecule has 0 spiro atoms. The first-order valence-electron chi connectivity index (χ1n) is 9.73. The average molecular weight is 434 g/mol. The molecule has 1 N–H and O–H groups in total. The summed E-state index contributed by atoms with van der Waals surface area (Å²) in [4.78, 5) is 26.0. The molecule has 30 heavy (non-hydrogen) atoms. The Morgan fingerprint density at radius 3 is 2.43 bits per heavy atom. The molecule has 3 aliphatic rings. The molecule has 8 nitrogen and oxygen atoms in total. The lowest BCUT2D eigenvalue weighted by atomic mass is 9.98. The summed E-state index contributed by atoms with van der Waals surface area (Å²) in [5.41, 5.74) is 0. The van der Waals surface area contributed by atoms with Crippen LogP contribution in [0, 0.1) is 12.8 Å². The van der Waals surface area contributed by atoms with E-state index in [0.717, 1.165) is 37.6 Å². The van der Waals surface area contributed by atoms with Crippen LogP contribution in [-0.2, 0) is 25.6 Å². The molecule has 1 amide bonds. The molecule has 2 bridgehead atoms. The minimum absolute atomic E-state index is 0.00133. The van der Waals surface area contributed by atoms with Crippen LogP contribution in [0.1, 0.15) is 17.9 Å². The Morgan fingerprint density at radius 1 is 1.20 bits per heavy atom. The summed E-state index contributed by atoms with van der Waals surface area (Å²) in [6.07, 6.45) is -4.06. The molecular formula is C19H25F3N2O6. The van der Waals surface area contributed by atoms with E-state index >= 15 is 0 Å². The molecular weight excluding hydrogens is 409 g/mol. The Hall–Kier alpha value is -2.11. The molecule has 3 unspecified atom stereocenters. The van der Waals surface area contributed by atoms with Crippen molar-refractivity contribution in [3.8, 4) is 0 Å². The number of carbonyl (C=O) groups is 2. The third-order valence-corrected chi connectivity index (χ3v) is 5.29. The van der Waals surface area contributed by atoms with Crippen LogP contribution in [-0.4, -0.2) is 84.6 Å². The number of amides is 1. The number of carboxylic acid groups (broad SMARTS) is 1. The van der Waals surface area contributed by atoms with Gasteiger partial charge in [-0.05, 0) is 25.5 Å². The van der Waals surface area contributed by atoms with Crippen molar-refractivity contribution in [3.63, 3.8) is 0 Å². The summed E-state index contributed by atoms with van der Waals surface area (Å²) in [7, 11) is 0. The molecule has 3 atom stereocenters. The fourth-order valence-electron chi connectivity index (χ4n) is 3.94. The summed E-state index contributed by atoms with van der Waals surface area (Å²) in [6, 6.07) is 4.03. The standard InChI is InChI=1S/C17H24N2O4.C2HF3O2/c1-12-2-3-13(22-12)9-18-10-14-8-15(16(11-18)23-14)17(20)19-4-6-21-7-5-19;3-2(4,5)1(6)7/h2-3,14-16H,4-11H2,1H3;(H,6,7). The number of fused-ring (bicyclic) bond motifs is 2. The van der Waals surface area contributed by atoms with E-state index in [9.17, 15) is 18.0 Å². The zero-order valence-corrected chi connectivity index (χ0v) is 16.6. The van der Waals surface area contributed by atoms with Crippen LogP contribution >= 0.6 is 0 Å². The Labute approximate surface area is 171 Å². The highest BCUT2D eigenvalue weighted by atomic mass is 19.4. The first-order valence-corrected chi connectivity index (χ1v) is 9.73. The van der Waals surface area contributed by atoms with Gasteiger partial charge in [0.15, 0.2) is 0 Å². The van der Waals surface area contributed by atoms with E-state index in [4.69, 9.17) is 23.8 Å². The largest absolute Gasteiger partial charge is 0.490 e. The number of aliphatic carboxylic acids is 1. The molecule has 11 heteroatoms. The molecule has 3 aliphatic heterocycles. The van der Waals surface area contributed by atoms with E-state index in [-0.39, 0.29) is 24.0 Å². The van der Waals surface area contributed by atoms with E-state index in [1.807, 2.05) is 24.0 Å². The van der Waals surface area contributed by atoms with Gasteiger partial charge >= 0.3 is 12.1 Å². The summed E-state index contributed by atoms with van der Waals surface area (Å²) in [5.74, 6) is -0.582. The van der Waals surface area contributed by atoms with Crippen LogP contribution in [0.4, 0.5) is 13.2 Å². The number of likely N-dealkylation sites (tertiary alicyclic amines) is 1. The van der Waals surface area contributed by atoms with E-state index in [2.05, 4.69) is 4.90 Å². The predicted molar refractivity (Wildman–Crippen MR) is 96.6 cm³/mol. The second kappa shape index (κ2) is 9.36. The van der Waals surface area contributed by atoms with Crippen molar-refractivity contribution in [2.75, 3.05) is 39.4 Å². The van der Waals surface area contributed by atoms with Crippen molar-refractivity contribution in [3.05, 3.63) is 23.7 Å². The molecule has 4 rings (SSSR count). The van der Waals surface area contributed by atoms with Crippen LogP contribution in [0.2, 0.25) is 0 Å². The smallest absolute Gasteiger partial charge is 0.475 e. The van der Waals surface area contributed by atoms with Crippen LogP contribution in [0.15, 0.2) is 16.5 Å². The number of ether oxygens (including phenoxy) is 2. The number of nitrogens with zero attached hydrogens (tertiary/aromatic N) is 2. The van der Waals surface area contributed by atoms with Crippen molar-refractivity contribution in [2.24, 2.45) is 5.92 Å². The number of furan rings is 1. The van der Waals surface area contributed by atoms with E-state index in [0.29, 0.717) is 26.3 Å². The van der Waals surface area contributed by atoms with Gasteiger partial charge in [0.25, 0.3) is 0 Å². The van der Waals surface area contributed by atoms with Crippen LogP contribution in [0.25, 0.3) is 0 Å². The SMILES string of the molecule is Cc1ccc(CN2CC3CC(C(=O)N4CCOCC4)C(C2)O3)o1.O=C(O)C(F)(F)F. The summed E-state index contributed by atoms with van der Waals surface area (Å²) in [6.45, 7) is 7.16. The summed E-state index contributed by atoms with van der Waals surface area (Å²) in [5, 5.41) is 7.12. The number of hydrogen-bond donors (Lipinski definition) is 1. The van der Waals surface area contributed by atoms with Gasteiger partial charge in [-0.15, -0.1) is 0 Å². The molecule has 0 aliphatic carbocycles. The maximum atomic E-state index is 12.8. The Morgan fingerprint density at radius 2 is 1.87 bits per heavy atom. The molecule has 4 heterocycles. The Kier molecular flexibility index (Phi) is 7.04. The Bertz CT molecular complexity index is 747. The fraction of sp³-hybridized carbons (Fsp3) is 0.684. The lowest BCUT2D eigenvalue weighted by molar-refractivity contribution is -0.192. The van der Waals surface area contributed by atoms with E-state index < -0.39 is 12.1 Å². The van der Waals surface area contributed by atoms with Gasteiger partial charge < -0.3 is 23.9 Å². The predicted octanol–water partition coefficient (Wildman–Crippen LogP) is 1.67. The number of carbonyl (C=O) groups excluding carboxylic acids is 1. The number of alkyl halides is 3. The number of halogens is 3. The van der Waals surface area contributed by atoms with Crippen LogP contribution < -0.4 is 0 Å². The number of morpholine rings is 2. The van der Waals surface area contributed by atoms with Crippen LogP contribution in [0.5, 0.6) is 0 Å².